The SMILES string of the molecule is [C-]#[N+]CCCC/C=C/C1CCC(n2cc(NC(=O)OC(C)(C)C)c(C(F)F)n2)CC1. The monoisotopic (exact) mass is 422 g/mol. The lowest BCUT2D eigenvalue weighted by molar-refractivity contribution is 0.0635. The molecule has 6 nitrogen and oxygen atoms in total. The Morgan fingerprint density at radius 1 is 1.37 bits per heavy atom. The number of nitrogens with zero attached hydrogens (tertiary/aromatic N) is 3. The summed E-state index contributed by atoms with van der Waals surface area (Å²) >= 11 is 0. The van der Waals surface area contributed by atoms with Crippen molar-refractivity contribution in [3.8, 4) is 0 Å². The molecule has 30 heavy (non-hydrogen) atoms. The Kier molecular flexibility index (Phi) is 8.82. The van der Waals surface area contributed by atoms with Gasteiger partial charge in [-0.25, -0.2) is 20.1 Å². The highest BCUT2D eigenvalue weighted by atomic mass is 19.3. The summed E-state index contributed by atoms with van der Waals surface area (Å²) in [6.45, 7) is 12.5. The largest absolute Gasteiger partial charge is 0.444 e. The summed E-state index contributed by atoms with van der Waals surface area (Å²) in [6.07, 6.45) is 8.99. The third-order valence-corrected chi connectivity index (χ3v) is 5.02. The maximum absolute atomic E-state index is 13.4. The van der Waals surface area contributed by atoms with Crippen molar-refractivity contribution in [2.24, 2.45) is 5.92 Å². The van der Waals surface area contributed by atoms with Gasteiger partial charge in [-0.3, -0.25) is 10.00 Å². The van der Waals surface area contributed by atoms with Crippen molar-refractivity contribution >= 4 is 11.8 Å². The minimum Gasteiger partial charge on any atom is -0.444 e. The molecule has 166 valence electrons. The molecule has 0 atom stereocenters. The molecule has 1 saturated carbocycles. The van der Waals surface area contributed by atoms with Crippen LogP contribution in [0.15, 0.2) is 18.3 Å². The minimum atomic E-state index is -2.78. The molecule has 1 aromatic heterocycles. The second-order valence-electron chi connectivity index (χ2n) is 8.71. The second-order valence-corrected chi connectivity index (χ2v) is 8.71. The number of alkyl halides is 2. The highest BCUT2D eigenvalue weighted by Gasteiger charge is 2.27. The van der Waals surface area contributed by atoms with Gasteiger partial charge in [0, 0.05) is 12.6 Å². The van der Waals surface area contributed by atoms with Crippen LogP contribution in [0.1, 0.15) is 83.9 Å². The maximum atomic E-state index is 13.4. The molecule has 8 heteroatoms. The number of carbonyl (C=O) groups excluding carboxylic acids is 1. The van der Waals surface area contributed by atoms with Crippen LogP contribution in [-0.2, 0) is 4.74 Å². The summed E-state index contributed by atoms with van der Waals surface area (Å²) < 4.78 is 33.6. The number of amides is 1. The van der Waals surface area contributed by atoms with Gasteiger partial charge in [-0.2, -0.15) is 5.10 Å². The van der Waals surface area contributed by atoms with Crippen molar-refractivity contribution in [1.82, 2.24) is 9.78 Å². The fraction of sp³-hybridized carbons (Fsp3) is 0.682. The number of ether oxygens (including phenoxy) is 1. The summed E-state index contributed by atoms with van der Waals surface area (Å²) in [4.78, 5) is 15.3. The van der Waals surface area contributed by atoms with Crippen molar-refractivity contribution in [2.45, 2.75) is 83.8 Å². The molecule has 0 unspecified atom stereocenters. The number of aromatic nitrogens is 2. The molecule has 1 N–H and O–H groups in total. The number of carbonyl (C=O) groups is 1. The summed E-state index contributed by atoms with van der Waals surface area (Å²) in [5.74, 6) is 0.492. The van der Waals surface area contributed by atoms with Gasteiger partial charge in [-0.05, 0) is 65.2 Å². The van der Waals surface area contributed by atoms with Crippen LogP contribution in [-0.4, -0.2) is 28.0 Å². The fourth-order valence-corrected chi connectivity index (χ4v) is 3.56. The van der Waals surface area contributed by atoms with Gasteiger partial charge in [0.15, 0.2) is 5.69 Å². The third kappa shape index (κ3) is 7.77. The molecule has 0 bridgehead atoms. The quantitative estimate of drug-likeness (QED) is 0.294. The summed E-state index contributed by atoms with van der Waals surface area (Å²) in [5.41, 5.74) is -1.14. The molecule has 0 saturated heterocycles. The number of allylic oxidation sites excluding steroid dienone is 2. The number of rotatable bonds is 8. The highest BCUT2D eigenvalue weighted by molar-refractivity contribution is 5.85. The Morgan fingerprint density at radius 2 is 2.07 bits per heavy atom. The van der Waals surface area contributed by atoms with Gasteiger partial charge >= 0.3 is 6.09 Å². The van der Waals surface area contributed by atoms with E-state index in [0.717, 1.165) is 44.9 Å². The average Bonchev–Trinajstić information content (AvgIpc) is 3.07. The van der Waals surface area contributed by atoms with Crippen LogP contribution in [0.2, 0.25) is 0 Å². The normalized spacial score (nSPS) is 19.8. The Bertz CT molecular complexity index is 754. The lowest BCUT2D eigenvalue weighted by Crippen LogP contribution is -2.27. The topological polar surface area (TPSA) is 60.5 Å². The molecule has 0 radical (unpaired) electrons. The molecule has 1 amide bonds. The predicted octanol–water partition coefficient (Wildman–Crippen LogP) is 6.54. The van der Waals surface area contributed by atoms with Crippen molar-refractivity contribution in [3.63, 3.8) is 0 Å². The van der Waals surface area contributed by atoms with Crippen molar-refractivity contribution in [2.75, 3.05) is 11.9 Å². The number of hydrogen-bond acceptors (Lipinski definition) is 3. The molecule has 1 heterocycles. The standard InChI is InChI=1S/C22H32F2N4O2/c1-22(2,3)30-21(29)26-18-15-28(27-19(18)20(23)24)17-12-10-16(11-13-17)9-7-5-6-8-14-25-4/h7,9,15-17,20H,5-6,8,10-14H2,1-3H3,(H,26,29)/b9-7+. The second kappa shape index (κ2) is 11.1. The number of hydrogen-bond donors (Lipinski definition) is 1. The van der Waals surface area contributed by atoms with Gasteiger partial charge in [0.05, 0.1) is 11.7 Å². The Morgan fingerprint density at radius 3 is 2.67 bits per heavy atom. The minimum absolute atomic E-state index is 0.000633. The zero-order valence-corrected chi connectivity index (χ0v) is 18.0. The first-order valence-electron chi connectivity index (χ1n) is 10.6. The van der Waals surface area contributed by atoms with E-state index in [4.69, 9.17) is 11.3 Å². The van der Waals surface area contributed by atoms with E-state index in [1.54, 1.807) is 25.5 Å². The molecule has 0 aliphatic heterocycles. The average molecular weight is 423 g/mol. The van der Waals surface area contributed by atoms with Crippen LogP contribution in [0.4, 0.5) is 19.3 Å². The van der Waals surface area contributed by atoms with Crippen LogP contribution in [0, 0.1) is 12.5 Å². The van der Waals surface area contributed by atoms with E-state index in [2.05, 4.69) is 27.4 Å². The van der Waals surface area contributed by atoms with Crippen LogP contribution in [0.25, 0.3) is 4.85 Å². The van der Waals surface area contributed by atoms with Crippen LogP contribution in [0.5, 0.6) is 0 Å². The third-order valence-electron chi connectivity index (χ3n) is 5.02. The zero-order chi connectivity index (χ0) is 22.1. The maximum Gasteiger partial charge on any atom is 0.412 e. The van der Waals surface area contributed by atoms with Crippen molar-refractivity contribution in [1.29, 1.82) is 0 Å². The molecule has 1 aromatic rings. The van der Waals surface area contributed by atoms with Gasteiger partial charge in [-0.1, -0.05) is 12.2 Å². The van der Waals surface area contributed by atoms with Crippen LogP contribution < -0.4 is 5.32 Å². The first kappa shape index (κ1) is 23.8. The van der Waals surface area contributed by atoms with E-state index in [0.29, 0.717) is 12.5 Å². The van der Waals surface area contributed by atoms with Crippen LogP contribution in [0.3, 0.4) is 0 Å². The highest BCUT2D eigenvalue weighted by Crippen LogP contribution is 2.35. The van der Waals surface area contributed by atoms with E-state index in [1.165, 1.54) is 6.20 Å². The van der Waals surface area contributed by atoms with Gasteiger partial charge < -0.3 is 9.58 Å². The van der Waals surface area contributed by atoms with Gasteiger partial charge in [-0.15, -0.1) is 0 Å². The Balaban J connectivity index is 1.91. The van der Waals surface area contributed by atoms with E-state index in [1.807, 2.05) is 0 Å². The van der Waals surface area contributed by atoms with E-state index in [-0.39, 0.29) is 11.7 Å². The number of halogens is 2. The molecule has 1 aliphatic rings. The molecule has 0 aromatic carbocycles. The number of anilines is 1. The molecule has 2 rings (SSSR count). The summed E-state index contributed by atoms with van der Waals surface area (Å²) in [7, 11) is 0. The van der Waals surface area contributed by atoms with E-state index < -0.39 is 23.8 Å². The molecule has 1 aliphatic carbocycles. The molecule has 0 spiro atoms. The number of unbranched alkanes of at least 4 members (excludes halogenated alkanes) is 2. The Hall–Kier alpha value is -2.43. The summed E-state index contributed by atoms with van der Waals surface area (Å²) in [6, 6.07) is 0.0417. The summed E-state index contributed by atoms with van der Waals surface area (Å²) in [5, 5.41) is 6.48. The van der Waals surface area contributed by atoms with E-state index >= 15 is 0 Å². The lowest BCUT2D eigenvalue weighted by atomic mass is 9.85. The van der Waals surface area contributed by atoms with Crippen molar-refractivity contribution in [3.05, 3.63) is 35.5 Å². The first-order valence-corrected chi connectivity index (χ1v) is 10.6. The van der Waals surface area contributed by atoms with Gasteiger partial charge in [0.2, 0.25) is 6.54 Å². The lowest BCUT2D eigenvalue weighted by Gasteiger charge is -2.27. The molecular formula is C22H32F2N4O2. The Labute approximate surface area is 177 Å². The van der Waals surface area contributed by atoms with Gasteiger partial charge in [0.1, 0.15) is 5.60 Å². The zero-order valence-electron chi connectivity index (χ0n) is 18.0. The smallest absolute Gasteiger partial charge is 0.412 e. The molecule has 1 fully saturated rings. The van der Waals surface area contributed by atoms with Crippen molar-refractivity contribution < 1.29 is 18.3 Å². The first-order chi connectivity index (χ1) is 14.2. The fourth-order valence-electron chi connectivity index (χ4n) is 3.56. The van der Waals surface area contributed by atoms with E-state index in [9.17, 15) is 13.6 Å². The predicted molar refractivity (Wildman–Crippen MR) is 112 cm³/mol. The molecular weight excluding hydrogens is 390 g/mol. The number of nitrogens with one attached hydrogen (secondary N) is 1. The van der Waals surface area contributed by atoms with Crippen LogP contribution >= 0.6 is 0 Å². The van der Waals surface area contributed by atoms with Gasteiger partial charge in [0.25, 0.3) is 6.43 Å².